The first-order valence-corrected chi connectivity index (χ1v) is 6.13. The lowest BCUT2D eigenvalue weighted by molar-refractivity contribution is -0.146. The first-order chi connectivity index (χ1) is 7.96. The average molecular weight is 240 g/mol. The molecule has 1 aliphatic rings. The molecule has 4 amide bonds. The van der Waals surface area contributed by atoms with Crippen LogP contribution in [0.1, 0.15) is 46.5 Å². The normalized spacial score (nSPS) is 20.8. The molecule has 1 rings (SSSR count). The second kappa shape index (κ2) is 5.29. The number of imide groups is 2. The predicted molar refractivity (Wildman–Crippen MR) is 63.1 cm³/mol. The van der Waals surface area contributed by atoms with Crippen molar-refractivity contribution >= 4 is 17.8 Å². The molecule has 17 heavy (non-hydrogen) atoms. The molecule has 96 valence electrons. The third kappa shape index (κ3) is 2.65. The van der Waals surface area contributed by atoms with Gasteiger partial charge in [-0.15, -0.1) is 0 Å². The highest BCUT2D eigenvalue weighted by molar-refractivity contribution is 6.19. The quantitative estimate of drug-likeness (QED) is 0.716. The molecule has 0 bridgehead atoms. The lowest BCUT2D eigenvalue weighted by Gasteiger charge is -2.35. The summed E-state index contributed by atoms with van der Waals surface area (Å²) in [6.07, 6.45) is 2.59. The number of amides is 4. The van der Waals surface area contributed by atoms with Gasteiger partial charge in [-0.2, -0.15) is 0 Å². The Morgan fingerprint density at radius 3 is 2.06 bits per heavy atom. The number of carbonyl (C=O) groups excluding carboxylic acids is 3. The van der Waals surface area contributed by atoms with Crippen molar-refractivity contribution in [3.05, 3.63) is 0 Å². The summed E-state index contributed by atoms with van der Waals surface area (Å²) in [6, 6.07) is -0.712. The summed E-state index contributed by atoms with van der Waals surface area (Å²) in [5.41, 5.74) is -1.07. The van der Waals surface area contributed by atoms with Crippen molar-refractivity contribution in [2.45, 2.75) is 46.5 Å². The minimum absolute atomic E-state index is 0.270. The van der Waals surface area contributed by atoms with E-state index < -0.39 is 23.3 Å². The number of urea groups is 1. The van der Waals surface area contributed by atoms with Crippen LogP contribution in [-0.4, -0.2) is 17.8 Å². The maximum absolute atomic E-state index is 12.0. The number of hydrogen-bond donors (Lipinski definition) is 2. The van der Waals surface area contributed by atoms with Crippen LogP contribution in [0.3, 0.4) is 0 Å². The van der Waals surface area contributed by atoms with E-state index >= 15 is 0 Å². The van der Waals surface area contributed by atoms with Crippen LogP contribution in [-0.2, 0) is 9.59 Å². The zero-order chi connectivity index (χ0) is 13.1. The van der Waals surface area contributed by atoms with E-state index in [1.165, 1.54) is 0 Å². The van der Waals surface area contributed by atoms with Crippen molar-refractivity contribution in [3.8, 4) is 0 Å². The summed E-state index contributed by atoms with van der Waals surface area (Å²) in [4.78, 5) is 35.0. The van der Waals surface area contributed by atoms with Gasteiger partial charge in [-0.1, -0.05) is 33.6 Å². The summed E-state index contributed by atoms with van der Waals surface area (Å²) < 4.78 is 0. The number of nitrogens with one attached hydrogen (secondary N) is 2. The van der Waals surface area contributed by atoms with Gasteiger partial charge in [0.25, 0.3) is 0 Å². The van der Waals surface area contributed by atoms with Crippen LogP contribution >= 0.6 is 0 Å². The third-order valence-corrected chi connectivity index (χ3v) is 3.39. The van der Waals surface area contributed by atoms with Crippen LogP contribution in [0.5, 0.6) is 0 Å². The first-order valence-electron chi connectivity index (χ1n) is 6.13. The van der Waals surface area contributed by atoms with Crippen LogP contribution in [0.25, 0.3) is 0 Å². The Labute approximate surface area is 101 Å². The smallest absolute Gasteiger partial charge is 0.277 e. The number of hydrogen-bond acceptors (Lipinski definition) is 3. The molecule has 0 spiro atoms. The van der Waals surface area contributed by atoms with Gasteiger partial charge in [0.1, 0.15) is 5.41 Å². The second-order valence-electron chi connectivity index (χ2n) is 4.79. The molecule has 5 nitrogen and oxygen atoms in total. The fourth-order valence-corrected chi connectivity index (χ4v) is 2.26. The Kier molecular flexibility index (Phi) is 4.26. The van der Waals surface area contributed by atoms with Gasteiger partial charge in [0.05, 0.1) is 0 Å². The van der Waals surface area contributed by atoms with E-state index in [4.69, 9.17) is 0 Å². The van der Waals surface area contributed by atoms with E-state index in [1.807, 2.05) is 20.8 Å². The molecule has 0 aromatic rings. The number of carbonyl (C=O) groups is 3. The van der Waals surface area contributed by atoms with Gasteiger partial charge in [0, 0.05) is 0 Å². The van der Waals surface area contributed by atoms with Crippen LogP contribution in [0.15, 0.2) is 0 Å². The van der Waals surface area contributed by atoms with E-state index in [1.54, 1.807) is 0 Å². The van der Waals surface area contributed by atoms with E-state index in [0.717, 1.165) is 12.8 Å². The molecule has 0 aromatic carbocycles. The highest BCUT2D eigenvalue weighted by Crippen LogP contribution is 2.35. The molecule has 1 atom stereocenters. The summed E-state index contributed by atoms with van der Waals surface area (Å²) in [5, 5.41) is 4.41. The van der Waals surface area contributed by atoms with E-state index in [9.17, 15) is 14.4 Å². The highest BCUT2D eigenvalue weighted by Gasteiger charge is 2.49. The molecule has 0 radical (unpaired) electrons. The predicted octanol–water partition coefficient (Wildman–Crippen LogP) is 1.58. The molecular formula is C12H20N2O3. The van der Waals surface area contributed by atoms with Gasteiger partial charge in [-0.05, 0) is 18.8 Å². The minimum atomic E-state index is -1.07. The topological polar surface area (TPSA) is 75.3 Å². The fourth-order valence-electron chi connectivity index (χ4n) is 2.26. The Bertz CT molecular complexity index is 319. The van der Waals surface area contributed by atoms with Crippen LogP contribution < -0.4 is 10.6 Å². The van der Waals surface area contributed by atoms with Crippen molar-refractivity contribution in [3.63, 3.8) is 0 Å². The van der Waals surface area contributed by atoms with E-state index in [-0.39, 0.29) is 5.92 Å². The molecule has 2 N–H and O–H groups in total. The minimum Gasteiger partial charge on any atom is -0.277 e. The molecule has 0 saturated carbocycles. The standard InChI is InChI=1S/C12H20N2O3/c1-4-6-12(7-8(3)5-2)9(15)13-11(17)14-10(12)16/h8H,4-7H2,1-3H3,(H2,13,14,15,16,17)/t8-/m0/s1. The molecule has 1 aliphatic heterocycles. The van der Waals surface area contributed by atoms with Crippen molar-refractivity contribution in [1.29, 1.82) is 0 Å². The van der Waals surface area contributed by atoms with Gasteiger partial charge in [-0.3, -0.25) is 20.2 Å². The lowest BCUT2D eigenvalue weighted by Crippen LogP contribution is -2.62. The monoisotopic (exact) mass is 240 g/mol. The largest absolute Gasteiger partial charge is 0.328 e. The highest BCUT2D eigenvalue weighted by atomic mass is 16.2. The fraction of sp³-hybridized carbons (Fsp3) is 0.750. The van der Waals surface area contributed by atoms with Gasteiger partial charge < -0.3 is 0 Å². The zero-order valence-corrected chi connectivity index (χ0v) is 10.6. The average Bonchev–Trinajstić information content (AvgIpc) is 2.25. The molecule has 1 heterocycles. The SMILES string of the molecule is CCCC1(C[C@@H](C)CC)C(=O)NC(=O)NC1=O. The number of rotatable bonds is 5. The van der Waals surface area contributed by atoms with Crippen molar-refractivity contribution in [1.82, 2.24) is 10.6 Å². The molecule has 0 aromatic heterocycles. The van der Waals surface area contributed by atoms with Gasteiger partial charge >= 0.3 is 6.03 Å². The van der Waals surface area contributed by atoms with Gasteiger partial charge in [-0.25, -0.2) is 4.79 Å². The van der Waals surface area contributed by atoms with Crippen LogP contribution in [0.2, 0.25) is 0 Å². The van der Waals surface area contributed by atoms with Crippen molar-refractivity contribution < 1.29 is 14.4 Å². The Morgan fingerprint density at radius 2 is 1.65 bits per heavy atom. The zero-order valence-electron chi connectivity index (χ0n) is 10.6. The molecule has 0 aliphatic carbocycles. The maximum Gasteiger partial charge on any atom is 0.328 e. The van der Waals surface area contributed by atoms with Crippen molar-refractivity contribution in [2.24, 2.45) is 11.3 Å². The van der Waals surface area contributed by atoms with Gasteiger partial charge in [0.2, 0.25) is 11.8 Å². The molecular weight excluding hydrogens is 220 g/mol. The lowest BCUT2D eigenvalue weighted by atomic mass is 9.73. The Balaban J connectivity index is 2.99. The second-order valence-corrected chi connectivity index (χ2v) is 4.79. The summed E-state index contributed by atoms with van der Waals surface area (Å²) in [7, 11) is 0. The van der Waals surface area contributed by atoms with Crippen LogP contribution in [0, 0.1) is 11.3 Å². The molecule has 5 heteroatoms. The maximum atomic E-state index is 12.0. The summed E-state index contributed by atoms with van der Waals surface area (Å²) >= 11 is 0. The Morgan fingerprint density at radius 1 is 1.12 bits per heavy atom. The van der Waals surface area contributed by atoms with E-state index in [2.05, 4.69) is 10.6 Å². The molecule has 1 saturated heterocycles. The molecule has 1 fully saturated rings. The van der Waals surface area contributed by atoms with Crippen molar-refractivity contribution in [2.75, 3.05) is 0 Å². The third-order valence-electron chi connectivity index (χ3n) is 3.39. The van der Waals surface area contributed by atoms with Crippen LogP contribution in [0.4, 0.5) is 4.79 Å². The first kappa shape index (κ1) is 13.7. The number of barbiturate groups is 1. The van der Waals surface area contributed by atoms with E-state index in [0.29, 0.717) is 12.8 Å². The Hall–Kier alpha value is -1.39. The van der Waals surface area contributed by atoms with Gasteiger partial charge in [0.15, 0.2) is 0 Å². The summed E-state index contributed by atoms with van der Waals surface area (Å²) in [6.45, 7) is 5.96. The molecule has 0 unspecified atom stereocenters. The summed E-state index contributed by atoms with van der Waals surface area (Å²) in [5.74, 6) is -0.631.